The minimum atomic E-state index is -0.635. The summed E-state index contributed by atoms with van der Waals surface area (Å²) in [7, 11) is 1.34. The fourth-order valence-corrected chi connectivity index (χ4v) is 2.18. The molecular weight excluding hydrogens is 278 g/mol. The number of benzene rings is 2. The summed E-state index contributed by atoms with van der Waals surface area (Å²) in [5, 5.41) is 0. The van der Waals surface area contributed by atoms with Gasteiger partial charge >= 0.3 is 5.97 Å². The van der Waals surface area contributed by atoms with E-state index in [-0.39, 0.29) is 0 Å². The molecule has 0 fully saturated rings. The van der Waals surface area contributed by atoms with E-state index in [2.05, 4.69) is 23.8 Å². The average Bonchev–Trinajstić information content (AvgIpc) is 2.53. The molecule has 1 atom stereocenters. The number of hydrogen-bond donors (Lipinski definition) is 1. The maximum absolute atomic E-state index is 11.3. The quantitative estimate of drug-likeness (QED) is 0.833. The number of hydrogen-bond acceptors (Lipinski definition) is 4. The van der Waals surface area contributed by atoms with Crippen LogP contribution < -0.4 is 10.5 Å². The van der Waals surface area contributed by atoms with Crippen LogP contribution in [0.5, 0.6) is 5.75 Å². The summed E-state index contributed by atoms with van der Waals surface area (Å²) < 4.78 is 10.4. The third-order valence-electron chi connectivity index (χ3n) is 3.37. The molecule has 4 heteroatoms. The van der Waals surface area contributed by atoms with E-state index >= 15 is 0 Å². The molecule has 0 aliphatic carbocycles. The lowest BCUT2D eigenvalue weighted by atomic mass is 10.1. The fourth-order valence-electron chi connectivity index (χ4n) is 2.18. The minimum Gasteiger partial charge on any atom is -0.489 e. The Bertz CT molecular complexity index is 622. The second-order valence-electron chi connectivity index (χ2n) is 5.26. The van der Waals surface area contributed by atoms with Crippen LogP contribution in [0.3, 0.4) is 0 Å². The zero-order chi connectivity index (χ0) is 15.9. The van der Waals surface area contributed by atoms with Crippen LogP contribution in [-0.2, 0) is 22.6 Å². The number of ether oxygens (including phenoxy) is 2. The SMILES string of the molecule is COC(=O)C(N)Cc1ccc(OCc2cccc(C)c2)cc1. The molecule has 2 rings (SSSR count). The van der Waals surface area contributed by atoms with Gasteiger partial charge in [-0.15, -0.1) is 0 Å². The lowest BCUT2D eigenvalue weighted by Crippen LogP contribution is -2.33. The molecule has 0 heterocycles. The van der Waals surface area contributed by atoms with Crippen molar-refractivity contribution in [1.29, 1.82) is 0 Å². The largest absolute Gasteiger partial charge is 0.489 e. The molecule has 116 valence electrons. The van der Waals surface area contributed by atoms with E-state index in [9.17, 15) is 4.79 Å². The molecule has 0 bridgehead atoms. The lowest BCUT2D eigenvalue weighted by Gasteiger charge is -2.10. The van der Waals surface area contributed by atoms with E-state index in [4.69, 9.17) is 10.5 Å². The Morgan fingerprint density at radius 3 is 2.50 bits per heavy atom. The van der Waals surface area contributed by atoms with Gasteiger partial charge in [0.1, 0.15) is 18.4 Å². The normalized spacial score (nSPS) is 11.8. The first-order chi connectivity index (χ1) is 10.6. The Kier molecular flexibility index (Phi) is 5.55. The van der Waals surface area contributed by atoms with Gasteiger partial charge in [0, 0.05) is 0 Å². The van der Waals surface area contributed by atoms with E-state index in [0.717, 1.165) is 16.9 Å². The van der Waals surface area contributed by atoms with E-state index in [0.29, 0.717) is 13.0 Å². The average molecular weight is 299 g/mol. The molecule has 0 aliphatic rings. The first-order valence-electron chi connectivity index (χ1n) is 7.19. The molecule has 0 amide bonds. The van der Waals surface area contributed by atoms with E-state index in [1.54, 1.807) is 0 Å². The van der Waals surface area contributed by atoms with Crippen molar-refractivity contribution < 1.29 is 14.3 Å². The zero-order valence-corrected chi connectivity index (χ0v) is 12.9. The van der Waals surface area contributed by atoms with Crippen molar-refractivity contribution in [1.82, 2.24) is 0 Å². The van der Waals surface area contributed by atoms with Crippen molar-refractivity contribution in [2.24, 2.45) is 5.73 Å². The van der Waals surface area contributed by atoms with E-state index in [1.807, 2.05) is 36.4 Å². The Morgan fingerprint density at radius 2 is 1.86 bits per heavy atom. The number of aryl methyl sites for hydroxylation is 1. The van der Waals surface area contributed by atoms with Gasteiger partial charge in [-0.3, -0.25) is 4.79 Å². The van der Waals surface area contributed by atoms with Crippen LogP contribution in [0, 0.1) is 6.92 Å². The Balaban J connectivity index is 1.90. The highest BCUT2D eigenvalue weighted by atomic mass is 16.5. The van der Waals surface area contributed by atoms with Crippen molar-refractivity contribution >= 4 is 5.97 Å². The first kappa shape index (κ1) is 16.0. The standard InChI is InChI=1S/C18H21NO3/c1-13-4-3-5-15(10-13)12-22-16-8-6-14(7-9-16)11-17(19)18(20)21-2/h3-10,17H,11-12,19H2,1-2H3. The van der Waals surface area contributed by atoms with Gasteiger partial charge in [0.25, 0.3) is 0 Å². The number of esters is 1. The minimum absolute atomic E-state index is 0.403. The third kappa shape index (κ3) is 4.60. The second kappa shape index (κ2) is 7.61. The molecule has 2 aromatic carbocycles. The molecule has 2 N–H and O–H groups in total. The Morgan fingerprint density at radius 1 is 1.14 bits per heavy atom. The van der Waals surface area contributed by atoms with Gasteiger partial charge in [0.15, 0.2) is 0 Å². The number of nitrogens with two attached hydrogens (primary N) is 1. The zero-order valence-electron chi connectivity index (χ0n) is 12.9. The Hall–Kier alpha value is -2.33. The van der Waals surface area contributed by atoms with Crippen LogP contribution in [0.2, 0.25) is 0 Å². The molecule has 0 aliphatic heterocycles. The van der Waals surface area contributed by atoms with Crippen LogP contribution in [-0.4, -0.2) is 19.1 Å². The molecular formula is C18H21NO3. The second-order valence-corrected chi connectivity index (χ2v) is 5.26. The van der Waals surface area contributed by atoms with Gasteiger partial charge in [0.2, 0.25) is 0 Å². The monoisotopic (exact) mass is 299 g/mol. The van der Waals surface area contributed by atoms with Crippen molar-refractivity contribution in [3.8, 4) is 5.75 Å². The highest BCUT2D eigenvalue weighted by Crippen LogP contribution is 2.15. The summed E-state index contributed by atoms with van der Waals surface area (Å²) in [6, 6.07) is 15.2. The first-order valence-corrected chi connectivity index (χ1v) is 7.19. The molecule has 1 unspecified atom stereocenters. The van der Waals surface area contributed by atoms with E-state index in [1.165, 1.54) is 12.7 Å². The summed E-state index contributed by atoms with van der Waals surface area (Å²) in [6.45, 7) is 2.59. The topological polar surface area (TPSA) is 61.5 Å². The van der Waals surface area contributed by atoms with Crippen LogP contribution >= 0.6 is 0 Å². The molecule has 2 aromatic rings. The summed E-state index contributed by atoms with van der Waals surface area (Å²) >= 11 is 0. The molecule has 0 aromatic heterocycles. The third-order valence-corrected chi connectivity index (χ3v) is 3.37. The predicted molar refractivity (Wildman–Crippen MR) is 85.6 cm³/mol. The van der Waals surface area contributed by atoms with Crippen LogP contribution in [0.1, 0.15) is 16.7 Å². The van der Waals surface area contributed by atoms with Crippen LogP contribution in [0.15, 0.2) is 48.5 Å². The van der Waals surface area contributed by atoms with Crippen LogP contribution in [0.25, 0.3) is 0 Å². The number of rotatable bonds is 6. The number of carbonyl (C=O) groups excluding carboxylic acids is 1. The van der Waals surface area contributed by atoms with Crippen molar-refractivity contribution in [2.45, 2.75) is 26.0 Å². The summed E-state index contributed by atoms with van der Waals surface area (Å²) in [4.78, 5) is 11.3. The van der Waals surface area contributed by atoms with Gasteiger partial charge in [0.05, 0.1) is 7.11 Å². The predicted octanol–water partition coefficient (Wildman–Crippen LogP) is 2.62. The van der Waals surface area contributed by atoms with Crippen molar-refractivity contribution in [3.05, 3.63) is 65.2 Å². The van der Waals surface area contributed by atoms with Gasteiger partial charge in [-0.05, 0) is 36.6 Å². The number of methoxy groups -OCH3 is 1. The Labute approximate surface area is 130 Å². The van der Waals surface area contributed by atoms with Crippen molar-refractivity contribution in [2.75, 3.05) is 7.11 Å². The summed E-state index contributed by atoms with van der Waals surface area (Å²) in [5.74, 6) is 0.386. The fraction of sp³-hybridized carbons (Fsp3) is 0.278. The molecule has 22 heavy (non-hydrogen) atoms. The maximum Gasteiger partial charge on any atom is 0.322 e. The molecule has 4 nitrogen and oxygen atoms in total. The molecule has 0 saturated heterocycles. The molecule has 0 spiro atoms. The highest BCUT2D eigenvalue weighted by Gasteiger charge is 2.13. The van der Waals surface area contributed by atoms with E-state index < -0.39 is 12.0 Å². The number of carbonyl (C=O) groups is 1. The summed E-state index contributed by atoms with van der Waals surface area (Å²) in [5.41, 5.74) is 9.07. The van der Waals surface area contributed by atoms with Gasteiger partial charge < -0.3 is 15.2 Å². The van der Waals surface area contributed by atoms with Gasteiger partial charge in [-0.2, -0.15) is 0 Å². The van der Waals surface area contributed by atoms with Crippen molar-refractivity contribution in [3.63, 3.8) is 0 Å². The van der Waals surface area contributed by atoms with Gasteiger partial charge in [-0.25, -0.2) is 0 Å². The highest BCUT2D eigenvalue weighted by molar-refractivity contribution is 5.75. The molecule has 0 saturated carbocycles. The lowest BCUT2D eigenvalue weighted by molar-refractivity contribution is -0.142. The smallest absolute Gasteiger partial charge is 0.322 e. The van der Waals surface area contributed by atoms with Crippen LogP contribution in [0.4, 0.5) is 0 Å². The summed E-state index contributed by atoms with van der Waals surface area (Å²) in [6.07, 6.45) is 0.449. The molecule has 0 radical (unpaired) electrons. The van der Waals surface area contributed by atoms with Gasteiger partial charge in [-0.1, -0.05) is 42.0 Å². The maximum atomic E-state index is 11.3.